The Hall–Kier alpha value is -2.37. The third kappa shape index (κ3) is 3.39. The molecule has 0 saturated carbocycles. The fraction of sp³-hybridized carbons (Fsp3) is 0.400. The molecule has 1 aromatic rings. The number of carboxylic acid groups (broad SMARTS) is 1. The quantitative estimate of drug-likeness (QED) is 0.762. The minimum Gasteiger partial charge on any atom is -0.481 e. The van der Waals surface area contributed by atoms with E-state index in [0.717, 1.165) is 0 Å². The van der Waals surface area contributed by atoms with Crippen LogP contribution in [0.5, 0.6) is 0 Å². The molecule has 21 heavy (non-hydrogen) atoms. The van der Waals surface area contributed by atoms with Crippen molar-refractivity contribution in [1.82, 2.24) is 5.32 Å². The minimum atomic E-state index is -1.14. The summed E-state index contributed by atoms with van der Waals surface area (Å²) in [6.07, 6.45) is 0. The molecule has 114 valence electrons. The standard InChI is InChI=1S/C15H20N2O4/c1-14(2,13(20)21)15(3,4)17-12(19)10-7-5-9(6-8-10)11(16)18/h5-8H,1-4H3,(H2,16,18)(H,17,19)(H,20,21). The van der Waals surface area contributed by atoms with Crippen LogP contribution in [0.3, 0.4) is 0 Å². The molecule has 0 aliphatic rings. The average molecular weight is 292 g/mol. The molecule has 0 atom stereocenters. The van der Waals surface area contributed by atoms with Gasteiger partial charge in [-0.05, 0) is 52.0 Å². The summed E-state index contributed by atoms with van der Waals surface area (Å²) < 4.78 is 0. The molecule has 1 aromatic carbocycles. The van der Waals surface area contributed by atoms with Gasteiger partial charge >= 0.3 is 5.97 Å². The highest BCUT2D eigenvalue weighted by Crippen LogP contribution is 2.31. The molecule has 0 aliphatic heterocycles. The predicted molar refractivity (Wildman–Crippen MR) is 77.9 cm³/mol. The molecule has 4 N–H and O–H groups in total. The third-order valence-electron chi connectivity index (χ3n) is 3.95. The average Bonchev–Trinajstić information content (AvgIpc) is 2.37. The Labute approximate surface area is 123 Å². The second-order valence-corrected chi connectivity index (χ2v) is 5.95. The Morgan fingerprint density at radius 1 is 1.00 bits per heavy atom. The second-order valence-electron chi connectivity index (χ2n) is 5.95. The molecule has 0 unspecified atom stereocenters. The van der Waals surface area contributed by atoms with Crippen LogP contribution >= 0.6 is 0 Å². The number of carbonyl (C=O) groups excluding carboxylic acids is 2. The lowest BCUT2D eigenvalue weighted by Gasteiger charge is -2.38. The number of carbonyl (C=O) groups is 3. The SMILES string of the molecule is CC(C)(NC(=O)c1ccc(C(N)=O)cc1)C(C)(C)C(=O)O. The number of nitrogens with two attached hydrogens (primary N) is 1. The Morgan fingerprint density at radius 3 is 1.81 bits per heavy atom. The van der Waals surface area contributed by atoms with Crippen molar-refractivity contribution in [2.45, 2.75) is 33.2 Å². The zero-order chi connectivity index (χ0) is 16.4. The van der Waals surface area contributed by atoms with Crippen LogP contribution in [0.25, 0.3) is 0 Å². The molecule has 2 amide bonds. The zero-order valence-electron chi connectivity index (χ0n) is 12.6. The van der Waals surface area contributed by atoms with Crippen LogP contribution in [0.15, 0.2) is 24.3 Å². The van der Waals surface area contributed by atoms with Crippen molar-refractivity contribution in [1.29, 1.82) is 0 Å². The fourth-order valence-corrected chi connectivity index (χ4v) is 1.57. The number of nitrogens with one attached hydrogen (secondary N) is 1. The summed E-state index contributed by atoms with van der Waals surface area (Å²) in [5.41, 5.74) is 3.65. The van der Waals surface area contributed by atoms with Gasteiger partial charge in [-0.2, -0.15) is 0 Å². The van der Waals surface area contributed by atoms with Crippen LogP contribution in [-0.2, 0) is 4.79 Å². The molecule has 0 radical (unpaired) electrons. The summed E-state index contributed by atoms with van der Waals surface area (Å²) in [6.45, 7) is 6.39. The summed E-state index contributed by atoms with van der Waals surface area (Å²) in [6, 6.07) is 5.84. The van der Waals surface area contributed by atoms with Gasteiger partial charge in [-0.3, -0.25) is 14.4 Å². The maximum Gasteiger partial charge on any atom is 0.311 e. The van der Waals surface area contributed by atoms with E-state index in [0.29, 0.717) is 11.1 Å². The van der Waals surface area contributed by atoms with Gasteiger partial charge in [0.25, 0.3) is 5.91 Å². The number of hydrogen-bond acceptors (Lipinski definition) is 3. The molecule has 0 aromatic heterocycles. The van der Waals surface area contributed by atoms with Crippen LogP contribution in [0.4, 0.5) is 0 Å². The normalized spacial score (nSPS) is 11.8. The van der Waals surface area contributed by atoms with Crippen molar-refractivity contribution >= 4 is 17.8 Å². The number of amides is 2. The minimum absolute atomic E-state index is 0.302. The molecule has 6 heteroatoms. The molecule has 0 bridgehead atoms. The summed E-state index contributed by atoms with van der Waals surface area (Å²) in [7, 11) is 0. The van der Waals surface area contributed by atoms with E-state index in [-0.39, 0.29) is 0 Å². The number of primary amides is 1. The zero-order valence-corrected chi connectivity index (χ0v) is 12.6. The van der Waals surface area contributed by atoms with E-state index in [1.54, 1.807) is 27.7 Å². The number of aliphatic carboxylic acids is 1. The van der Waals surface area contributed by atoms with Crippen molar-refractivity contribution in [3.8, 4) is 0 Å². The van der Waals surface area contributed by atoms with E-state index >= 15 is 0 Å². The van der Waals surface area contributed by atoms with Gasteiger partial charge in [0.15, 0.2) is 0 Å². The van der Waals surface area contributed by atoms with Gasteiger partial charge in [0, 0.05) is 11.1 Å². The number of benzene rings is 1. The highest BCUT2D eigenvalue weighted by Gasteiger charge is 2.44. The van der Waals surface area contributed by atoms with Gasteiger partial charge in [0.1, 0.15) is 0 Å². The Balaban J connectivity index is 2.95. The van der Waals surface area contributed by atoms with E-state index in [9.17, 15) is 19.5 Å². The molecule has 6 nitrogen and oxygen atoms in total. The van der Waals surface area contributed by atoms with Crippen molar-refractivity contribution < 1.29 is 19.5 Å². The van der Waals surface area contributed by atoms with E-state index < -0.39 is 28.7 Å². The third-order valence-corrected chi connectivity index (χ3v) is 3.95. The maximum atomic E-state index is 12.2. The topological polar surface area (TPSA) is 109 Å². The van der Waals surface area contributed by atoms with E-state index in [4.69, 9.17) is 5.73 Å². The molecule has 0 spiro atoms. The highest BCUT2D eigenvalue weighted by molar-refractivity contribution is 5.97. The second kappa shape index (κ2) is 5.55. The first-order chi connectivity index (χ1) is 9.49. The van der Waals surface area contributed by atoms with E-state index in [1.807, 2.05) is 0 Å². The smallest absolute Gasteiger partial charge is 0.311 e. The molecule has 0 aliphatic carbocycles. The van der Waals surface area contributed by atoms with Crippen LogP contribution in [-0.4, -0.2) is 28.4 Å². The predicted octanol–water partition coefficient (Wildman–Crippen LogP) is 1.40. The van der Waals surface area contributed by atoms with Gasteiger partial charge in [0.05, 0.1) is 11.0 Å². The van der Waals surface area contributed by atoms with Crippen LogP contribution in [0, 0.1) is 5.41 Å². The van der Waals surface area contributed by atoms with Crippen molar-refractivity contribution in [2.75, 3.05) is 0 Å². The summed E-state index contributed by atoms with van der Waals surface area (Å²) in [4.78, 5) is 34.5. The molecular weight excluding hydrogens is 272 g/mol. The van der Waals surface area contributed by atoms with Gasteiger partial charge in [0.2, 0.25) is 5.91 Å². The monoisotopic (exact) mass is 292 g/mol. The Bertz CT molecular complexity index is 574. The Morgan fingerprint density at radius 2 is 1.43 bits per heavy atom. The maximum absolute atomic E-state index is 12.2. The van der Waals surface area contributed by atoms with Crippen LogP contribution in [0.2, 0.25) is 0 Å². The van der Waals surface area contributed by atoms with E-state index in [2.05, 4.69) is 5.32 Å². The lowest BCUT2D eigenvalue weighted by molar-refractivity contribution is -0.150. The van der Waals surface area contributed by atoms with Crippen molar-refractivity contribution in [2.24, 2.45) is 11.1 Å². The van der Waals surface area contributed by atoms with Crippen molar-refractivity contribution in [3.05, 3.63) is 35.4 Å². The lowest BCUT2D eigenvalue weighted by atomic mass is 9.74. The molecular formula is C15H20N2O4. The molecule has 1 rings (SSSR count). The molecule has 0 fully saturated rings. The van der Waals surface area contributed by atoms with E-state index in [1.165, 1.54) is 24.3 Å². The van der Waals surface area contributed by atoms with Crippen molar-refractivity contribution in [3.63, 3.8) is 0 Å². The first kappa shape index (κ1) is 16.7. The summed E-state index contributed by atoms with van der Waals surface area (Å²) >= 11 is 0. The van der Waals surface area contributed by atoms with Crippen LogP contribution < -0.4 is 11.1 Å². The van der Waals surface area contributed by atoms with Gasteiger partial charge < -0.3 is 16.2 Å². The summed E-state index contributed by atoms with van der Waals surface area (Å²) in [5, 5.41) is 12.0. The first-order valence-corrected chi connectivity index (χ1v) is 6.45. The number of rotatable bonds is 5. The first-order valence-electron chi connectivity index (χ1n) is 6.45. The largest absolute Gasteiger partial charge is 0.481 e. The highest BCUT2D eigenvalue weighted by atomic mass is 16.4. The Kier molecular flexibility index (Phi) is 4.41. The van der Waals surface area contributed by atoms with Gasteiger partial charge in [-0.15, -0.1) is 0 Å². The van der Waals surface area contributed by atoms with Gasteiger partial charge in [-0.25, -0.2) is 0 Å². The van der Waals surface area contributed by atoms with Crippen LogP contribution in [0.1, 0.15) is 48.4 Å². The number of carboxylic acids is 1. The fourth-order valence-electron chi connectivity index (χ4n) is 1.57. The summed E-state index contributed by atoms with van der Waals surface area (Å²) in [5.74, 6) is -1.99. The molecule has 0 heterocycles. The van der Waals surface area contributed by atoms with Gasteiger partial charge in [-0.1, -0.05) is 0 Å². The number of hydrogen-bond donors (Lipinski definition) is 3. The molecule has 0 saturated heterocycles. The lowest BCUT2D eigenvalue weighted by Crippen LogP contribution is -2.56.